The Balaban J connectivity index is 1.73. The lowest BCUT2D eigenvalue weighted by Gasteiger charge is -2.34. The lowest BCUT2D eigenvalue weighted by Crippen LogP contribution is -3.16. The number of aromatic carboxylic acids is 1. The molecule has 1 heterocycles. The fourth-order valence-corrected chi connectivity index (χ4v) is 2.86. The monoisotopic (exact) mass is 246 g/mol. The van der Waals surface area contributed by atoms with Gasteiger partial charge in [0, 0.05) is 24.1 Å². The van der Waals surface area contributed by atoms with Gasteiger partial charge in [0.05, 0.1) is 38.2 Å². The second-order valence-electron chi connectivity index (χ2n) is 5.22. The van der Waals surface area contributed by atoms with Crippen LogP contribution in [0.1, 0.15) is 23.2 Å². The molecule has 3 rings (SSSR count). The van der Waals surface area contributed by atoms with Crippen molar-refractivity contribution < 1.29 is 14.8 Å². The van der Waals surface area contributed by atoms with Crippen molar-refractivity contribution in [2.75, 3.05) is 31.1 Å². The van der Waals surface area contributed by atoms with Gasteiger partial charge in [-0.05, 0) is 6.07 Å². The number of para-hydroxylation sites is 1. The second-order valence-corrected chi connectivity index (χ2v) is 5.22. The number of carboxylic acid groups (broad SMARTS) is 1. The molecule has 0 radical (unpaired) electrons. The van der Waals surface area contributed by atoms with Crippen LogP contribution in [-0.4, -0.2) is 38.2 Å². The minimum atomic E-state index is -1.08. The summed E-state index contributed by atoms with van der Waals surface area (Å²) < 4.78 is 0. The summed E-state index contributed by atoms with van der Waals surface area (Å²) in [7, 11) is 0. The zero-order valence-corrected chi connectivity index (χ0v) is 10.4. The van der Waals surface area contributed by atoms with Gasteiger partial charge >= 0.3 is 0 Å². The first-order valence-corrected chi connectivity index (χ1v) is 6.65. The number of nitrogens with zero attached hydrogens (tertiary/aromatic N) is 1. The number of quaternary nitrogens is 1. The number of carboxylic acids is 1. The first-order valence-electron chi connectivity index (χ1n) is 6.65. The molecule has 0 aromatic heterocycles. The van der Waals surface area contributed by atoms with Crippen molar-refractivity contribution in [3.8, 4) is 0 Å². The van der Waals surface area contributed by atoms with Gasteiger partial charge in [0.15, 0.2) is 0 Å². The predicted molar refractivity (Wildman–Crippen MR) is 66.7 cm³/mol. The van der Waals surface area contributed by atoms with Crippen molar-refractivity contribution >= 4 is 11.7 Å². The molecule has 0 spiro atoms. The number of benzene rings is 1. The first kappa shape index (κ1) is 11.5. The van der Waals surface area contributed by atoms with Crippen LogP contribution >= 0.6 is 0 Å². The molecule has 0 bridgehead atoms. The molecule has 1 aromatic rings. The molecule has 1 saturated heterocycles. The predicted octanol–water partition coefficient (Wildman–Crippen LogP) is -1.08. The van der Waals surface area contributed by atoms with Gasteiger partial charge in [-0.1, -0.05) is 18.2 Å². The summed E-state index contributed by atoms with van der Waals surface area (Å²) >= 11 is 0. The molecule has 1 aromatic carbocycles. The smallest absolute Gasteiger partial charge is 0.0951 e. The van der Waals surface area contributed by atoms with Gasteiger partial charge < -0.3 is 19.7 Å². The van der Waals surface area contributed by atoms with Crippen molar-refractivity contribution in [2.24, 2.45) is 0 Å². The third-order valence-electron chi connectivity index (χ3n) is 4.03. The van der Waals surface area contributed by atoms with Gasteiger partial charge in [0.2, 0.25) is 0 Å². The van der Waals surface area contributed by atoms with Gasteiger partial charge in [-0.2, -0.15) is 0 Å². The summed E-state index contributed by atoms with van der Waals surface area (Å²) in [6, 6.07) is 8.03. The third-order valence-corrected chi connectivity index (χ3v) is 4.03. The summed E-state index contributed by atoms with van der Waals surface area (Å²) in [6.07, 6.45) is 2.73. The SMILES string of the molecule is O=C([O-])c1ccccc1N1CC[NH+](C2CC2)CC1. The molecule has 4 nitrogen and oxygen atoms in total. The van der Waals surface area contributed by atoms with Crippen LogP contribution in [0.3, 0.4) is 0 Å². The molecular weight excluding hydrogens is 228 g/mol. The molecule has 0 atom stereocenters. The Labute approximate surface area is 107 Å². The Morgan fingerprint density at radius 1 is 1.22 bits per heavy atom. The summed E-state index contributed by atoms with van der Waals surface area (Å²) in [5.74, 6) is -1.08. The van der Waals surface area contributed by atoms with Crippen LogP contribution in [0, 0.1) is 0 Å². The Morgan fingerprint density at radius 3 is 2.50 bits per heavy atom. The van der Waals surface area contributed by atoms with Crippen molar-refractivity contribution in [3.05, 3.63) is 29.8 Å². The number of carbonyl (C=O) groups is 1. The molecular formula is C14H18N2O2. The van der Waals surface area contributed by atoms with Crippen LogP contribution in [0.25, 0.3) is 0 Å². The third kappa shape index (κ3) is 2.20. The molecule has 96 valence electrons. The van der Waals surface area contributed by atoms with E-state index < -0.39 is 5.97 Å². The van der Waals surface area contributed by atoms with Gasteiger partial charge in [0.25, 0.3) is 0 Å². The Morgan fingerprint density at radius 2 is 1.89 bits per heavy atom. The minimum Gasteiger partial charge on any atom is -0.545 e. The summed E-state index contributed by atoms with van der Waals surface area (Å²) in [5, 5.41) is 11.1. The molecule has 1 aliphatic carbocycles. The second kappa shape index (κ2) is 4.61. The Hall–Kier alpha value is -1.55. The van der Waals surface area contributed by atoms with E-state index in [-0.39, 0.29) is 0 Å². The van der Waals surface area contributed by atoms with Crippen molar-refractivity contribution in [1.82, 2.24) is 0 Å². The largest absolute Gasteiger partial charge is 0.545 e. The fraction of sp³-hybridized carbons (Fsp3) is 0.500. The Bertz CT molecular complexity index is 449. The van der Waals surface area contributed by atoms with Crippen LogP contribution < -0.4 is 14.9 Å². The van der Waals surface area contributed by atoms with E-state index in [0.29, 0.717) is 5.56 Å². The number of anilines is 1. The van der Waals surface area contributed by atoms with Crippen molar-refractivity contribution in [2.45, 2.75) is 18.9 Å². The maximum absolute atomic E-state index is 11.1. The molecule has 2 aliphatic rings. The summed E-state index contributed by atoms with van der Waals surface area (Å²) in [4.78, 5) is 15.0. The molecule has 1 N–H and O–H groups in total. The topological polar surface area (TPSA) is 47.8 Å². The van der Waals surface area contributed by atoms with Gasteiger partial charge in [-0.15, -0.1) is 0 Å². The number of rotatable bonds is 3. The van der Waals surface area contributed by atoms with E-state index in [1.807, 2.05) is 12.1 Å². The van der Waals surface area contributed by atoms with Gasteiger partial charge in [-0.3, -0.25) is 0 Å². The highest BCUT2D eigenvalue weighted by molar-refractivity contribution is 5.93. The molecule has 1 saturated carbocycles. The molecule has 18 heavy (non-hydrogen) atoms. The van der Waals surface area contributed by atoms with Crippen LogP contribution in [0.5, 0.6) is 0 Å². The lowest BCUT2D eigenvalue weighted by atomic mass is 10.1. The molecule has 4 heteroatoms. The van der Waals surface area contributed by atoms with Gasteiger partial charge in [0.1, 0.15) is 0 Å². The molecule has 2 fully saturated rings. The quantitative estimate of drug-likeness (QED) is 0.738. The standard InChI is InChI=1S/C14H18N2O2/c17-14(18)12-3-1-2-4-13(12)16-9-7-15(8-10-16)11-5-6-11/h1-4,11H,5-10H2,(H,17,18). The van der Waals surface area contributed by atoms with Crippen LogP contribution in [0.15, 0.2) is 24.3 Å². The molecule has 0 unspecified atom stereocenters. The number of hydrogen-bond acceptors (Lipinski definition) is 3. The zero-order chi connectivity index (χ0) is 12.5. The fourth-order valence-electron chi connectivity index (χ4n) is 2.86. The zero-order valence-electron chi connectivity index (χ0n) is 10.4. The molecule has 1 aliphatic heterocycles. The number of nitrogens with one attached hydrogen (secondary N) is 1. The van der Waals surface area contributed by atoms with Gasteiger partial charge in [-0.25, -0.2) is 0 Å². The van der Waals surface area contributed by atoms with Crippen LogP contribution in [0.4, 0.5) is 5.69 Å². The van der Waals surface area contributed by atoms with E-state index in [0.717, 1.165) is 37.9 Å². The summed E-state index contributed by atoms with van der Waals surface area (Å²) in [5.41, 5.74) is 1.12. The van der Waals surface area contributed by atoms with Crippen LogP contribution in [-0.2, 0) is 0 Å². The van der Waals surface area contributed by atoms with Crippen LogP contribution in [0.2, 0.25) is 0 Å². The first-order chi connectivity index (χ1) is 8.75. The van der Waals surface area contributed by atoms with E-state index in [4.69, 9.17) is 0 Å². The highest BCUT2D eigenvalue weighted by atomic mass is 16.4. The molecule has 0 amide bonds. The number of carbonyl (C=O) groups excluding carboxylic acids is 1. The maximum atomic E-state index is 11.1. The highest BCUT2D eigenvalue weighted by Crippen LogP contribution is 2.21. The van der Waals surface area contributed by atoms with E-state index >= 15 is 0 Å². The van der Waals surface area contributed by atoms with E-state index in [9.17, 15) is 9.90 Å². The normalized spacial score (nSPS) is 21.0. The average Bonchev–Trinajstić information content (AvgIpc) is 3.23. The van der Waals surface area contributed by atoms with Crippen molar-refractivity contribution in [3.63, 3.8) is 0 Å². The summed E-state index contributed by atoms with van der Waals surface area (Å²) in [6.45, 7) is 4.12. The van der Waals surface area contributed by atoms with Crippen molar-refractivity contribution in [1.29, 1.82) is 0 Å². The van der Waals surface area contributed by atoms with E-state index in [2.05, 4.69) is 4.90 Å². The maximum Gasteiger partial charge on any atom is 0.0951 e. The van der Waals surface area contributed by atoms with E-state index in [1.54, 1.807) is 17.0 Å². The number of piperazine rings is 1. The lowest BCUT2D eigenvalue weighted by molar-refractivity contribution is -0.911. The van der Waals surface area contributed by atoms with E-state index in [1.165, 1.54) is 12.8 Å². The number of hydrogen-bond donors (Lipinski definition) is 1. The highest BCUT2D eigenvalue weighted by Gasteiger charge is 2.35. The minimum absolute atomic E-state index is 0.312. The Kier molecular flexibility index (Phi) is 2.96. The average molecular weight is 246 g/mol.